The van der Waals surface area contributed by atoms with Crippen molar-refractivity contribution in [2.24, 2.45) is 0 Å². The summed E-state index contributed by atoms with van der Waals surface area (Å²) in [6.45, 7) is 1.55. The molecule has 2 aliphatic heterocycles. The minimum absolute atomic E-state index is 0.00706. The van der Waals surface area contributed by atoms with Gasteiger partial charge >= 0.3 is 0 Å². The molecule has 3 rings (SSSR count). The van der Waals surface area contributed by atoms with Gasteiger partial charge in [-0.1, -0.05) is 0 Å². The quantitative estimate of drug-likeness (QED) is 0.810. The van der Waals surface area contributed by atoms with Gasteiger partial charge in [-0.15, -0.1) is 0 Å². The molecule has 2 heterocycles. The first-order valence-electron chi connectivity index (χ1n) is 6.66. The molecule has 0 saturated carbocycles. The van der Waals surface area contributed by atoms with Crippen LogP contribution >= 0.6 is 0 Å². The van der Waals surface area contributed by atoms with Crippen LogP contribution in [0.15, 0.2) is 24.3 Å². The molecule has 2 fully saturated rings. The highest BCUT2D eigenvalue weighted by molar-refractivity contribution is 5.93. The number of amides is 2. The molecule has 1 spiro atoms. The Kier molecular flexibility index (Phi) is 3.08. The Bertz CT molecular complexity index is 524. The molecule has 0 aliphatic carbocycles. The number of nitrogens with one attached hydrogen (secondary N) is 1. The lowest BCUT2D eigenvalue weighted by Gasteiger charge is -2.42. The Morgan fingerprint density at radius 2 is 1.85 bits per heavy atom. The van der Waals surface area contributed by atoms with Gasteiger partial charge in [-0.25, -0.2) is 4.39 Å². The fraction of sp³-hybridized carbons (Fsp3) is 0.429. The summed E-state index contributed by atoms with van der Waals surface area (Å²) in [5, 5.41) is 2.86. The normalized spacial score (nSPS) is 21.1. The zero-order valence-corrected chi connectivity index (χ0v) is 11.0. The average Bonchev–Trinajstić information content (AvgIpc) is 2.78. The molecule has 2 saturated heterocycles. The van der Waals surface area contributed by atoms with Crippen molar-refractivity contribution in [1.82, 2.24) is 10.2 Å². The van der Waals surface area contributed by atoms with E-state index in [4.69, 9.17) is 0 Å². The fourth-order valence-corrected chi connectivity index (χ4v) is 3.05. The lowest BCUT2D eigenvalue weighted by molar-refractivity contribution is -0.127. The Hall–Kier alpha value is -2.11. The lowest BCUT2D eigenvalue weighted by Crippen LogP contribution is -2.56. The third kappa shape index (κ3) is 1.92. The number of hydrogen-bond acceptors (Lipinski definition) is 3. The largest absolute Gasteiger partial charge is 0.345 e. The van der Waals surface area contributed by atoms with E-state index in [1.54, 1.807) is 17.0 Å². The van der Waals surface area contributed by atoms with Crippen molar-refractivity contribution < 1.29 is 14.0 Å². The number of rotatable bonds is 2. The van der Waals surface area contributed by atoms with E-state index < -0.39 is 5.54 Å². The van der Waals surface area contributed by atoms with Gasteiger partial charge in [0, 0.05) is 18.8 Å². The summed E-state index contributed by atoms with van der Waals surface area (Å²) in [4.78, 5) is 26.7. The summed E-state index contributed by atoms with van der Waals surface area (Å²) < 4.78 is 13.0. The zero-order valence-electron chi connectivity index (χ0n) is 11.0. The molecule has 0 bridgehead atoms. The standard InChI is InChI=1S/C14H16FN3O2/c15-11-1-3-12(4-2-11)18-9-16-13(20)14(18)5-7-17(10-19)8-6-14/h1-4,10H,5-9H2,(H,16,20). The Balaban J connectivity index is 1.89. The summed E-state index contributed by atoms with van der Waals surface area (Å²) in [5.41, 5.74) is 0.210. The maximum atomic E-state index is 13.0. The van der Waals surface area contributed by atoms with Gasteiger partial charge in [0.1, 0.15) is 11.4 Å². The highest BCUT2D eigenvalue weighted by Gasteiger charge is 2.50. The first kappa shape index (κ1) is 12.9. The highest BCUT2D eigenvalue weighted by atomic mass is 19.1. The summed E-state index contributed by atoms with van der Waals surface area (Å²) in [6.07, 6.45) is 2.01. The molecule has 6 heteroatoms. The van der Waals surface area contributed by atoms with Crippen molar-refractivity contribution in [3.63, 3.8) is 0 Å². The summed E-state index contributed by atoms with van der Waals surface area (Å²) >= 11 is 0. The number of likely N-dealkylation sites (tertiary alicyclic amines) is 1. The molecule has 2 amide bonds. The summed E-state index contributed by atoms with van der Waals surface area (Å²) in [7, 11) is 0. The van der Waals surface area contributed by atoms with E-state index in [1.165, 1.54) is 12.1 Å². The molecule has 0 radical (unpaired) electrons. The van der Waals surface area contributed by atoms with Crippen LogP contribution in [0.5, 0.6) is 0 Å². The second kappa shape index (κ2) is 4.77. The van der Waals surface area contributed by atoms with Gasteiger partial charge in [-0.05, 0) is 37.1 Å². The average molecular weight is 277 g/mol. The van der Waals surface area contributed by atoms with Crippen LogP contribution < -0.4 is 10.2 Å². The van der Waals surface area contributed by atoms with E-state index in [0.717, 1.165) is 12.1 Å². The second-order valence-electron chi connectivity index (χ2n) is 5.24. The molecule has 0 atom stereocenters. The molecular weight excluding hydrogens is 261 g/mol. The van der Waals surface area contributed by atoms with Crippen LogP contribution in [0, 0.1) is 5.82 Å². The van der Waals surface area contributed by atoms with E-state index >= 15 is 0 Å². The van der Waals surface area contributed by atoms with Crippen LogP contribution in [0.3, 0.4) is 0 Å². The minimum Gasteiger partial charge on any atom is -0.345 e. The molecule has 106 valence electrons. The number of anilines is 1. The van der Waals surface area contributed by atoms with Crippen molar-refractivity contribution in [2.75, 3.05) is 24.7 Å². The number of piperidine rings is 1. The van der Waals surface area contributed by atoms with Crippen molar-refractivity contribution >= 4 is 18.0 Å². The Labute approximate surface area is 116 Å². The molecule has 5 nitrogen and oxygen atoms in total. The van der Waals surface area contributed by atoms with Crippen LogP contribution in [0.25, 0.3) is 0 Å². The van der Waals surface area contributed by atoms with Gasteiger partial charge in [-0.2, -0.15) is 0 Å². The van der Waals surface area contributed by atoms with Gasteiger partial charge in [0.15, 0.2) is 0 Å². The number of benzene rings is 1. The van der Waals surface area contributed by atoms with Crippen LogP contribution in [0.1, 0.15) is 12.8 Å². The SMILES string of the molecule is O=CN1CCC2(CC1)C(=O)NCN2c1ccc(F)cc1. The minimum atomic E-state index is -0.614. The maximum Gasteiger partial charge on any atom is 0.247 e. The van der Waals surface area contributed by atoms with E-state index in [9.17, 15) is 14.0 Å². The van der Waals surface area contributed by atoms with Crippen molar-refractivity contribution in [3.05, 3.63) is 30.1 Å². The number of hydrogen-bond donors (Lipinski definition) is 1. The van der Waals surface area contributed by atoms with Crippen LogP contribution in [-0.4, -0.2) is 42.5 Å². The van der Waals surface area contributed by atoms with Crippen LogP contribution in [0.4, 0.5) is 10.1 Å². The lowest BCUT2D eigenvalue weighted by atomic mass is 9.86. The van der Waals surface area contributed by atoms with Crippen molar-refractivity contribution in [3.8, 4) is 0 Å². The third-order valence-corrected chi connectivity index (χ3v) is 4.25. The zero-order chi connectivity index (χ0) is 14.2. The van der Waals surface area contributed by atoms with Crippen LogP contribution in [0.2, 0.25) is 0 Å². The molecule has 1 aromatic rings. The maximum absolute atomic E-state index is 13.0. The van der Waals surface area contributed by atoms with Gasteiger partial charge in [-0.3, -0.25) is 9.59 Å². The molecule has 0 aromatic heterocycles. The van der Waals surface area contributed by atoms with E-state index in [-0.39, 0.29) is 11.7 Å². The summed E-state index contributed by atoms with van der Waals surface area (Å²) in [5.74, 6) is -0.301. The molecule has 0 unspecified atom stereocenters. The highest BCUT2D eigenvalue weighted by Crippen LogP contribution is 2.35. The Morgan fingerprint density at radius 3 is 2.45 bits per heavy atom. The molecular formula is C14H16FN3O2. The van der Waals surface area contributed by atoms with Gasteiger partial charge < -0.3 is 15.1 Å². The van der Waals surface area contributed by atoms with Crippen molar-refractivity contribution in [2.45, 2.75) is 18.4 Å². The topological polar surface area (TPSA) is 52.7 Å². The van der Waals surface area contributed by atoms with E-state index in [0.29, 0.717) is 32.6 Å². The number of nitrogens with zero attached hydrogens (tertiary/aromatic N) is 2. The third-order valence-electron chi connectivity index (χ3n) is 4.25. The van der Waals surface area contributed by atoms with E-state index in [2.05, 4.69) is 5.32 Å². The number of carbonyl (C=O) groups is 2. The molecule has 1 N–H and O–H groups in total. The van der Waals surface area contributed by atoms with Gasteiger partial charge in [0.25, 0.3) is 0 Å². The van der Waals surface area contributed by atoms with E-state index in [1.807, 2.05) is 4.90 Å². The molecule has 1 aromatic carbocycles. The summed E-state index contributed by atoms with van der Waals surface area (Å²) in [6, 6.07) is 6.16. The molecule has 2 aliphatic rings. The molecule has 20 heavy (non-hydrogen) atoms. The van der Waals surface area contributed by atoms with Crippen LogP contribution in [-0.2, 0) is 9.59 Å². The van der Waals surface area contributed by atoms with Crippen molar-refractivity contribution in [1.29, 1.82) is 0 Å². The predicted molar refractivity (Wildman–Crippen MR) is 71.5 cm³/mol. The first-order valence-corrected chi connectivity index (χ1v) is 6.66. The van der Waals surface area contributed by atoms with Gasteiger partial charge in [0.2, 0.25) is 12.3 Å². The number of carbonyl (C=O) groups excluding carboxylic acids is 2. The predicted octanol–water partition coefficient (Wildman–Crippen LogP) is 0.710. The van der Waals surface area contributed by atoms with Gasteiger partial charge in [0.05, 0.1) is 6.67 Å². The monoisotopic (exact) mass is 277 g/mol. The first-order chi connectivity index (χ1) is 9.65. The number of halogens is 1. The smallest absolute Gasteiger partial charge is 0.247 e. The fourth-order valence-electron chi connectivity index (χ4n) is 3.05. The Morgan fingerprint density at radius 1 is 1.20 bits per heavy atom. The second-order valence-corrected chi connectivity index (χ2v) is 5.24.